The summed E-state index contributed by atoms with van der Waals surface area (Å²) in [6.45, 7) is 2.67. The Morgan fingerprint density at radius 3 is 1.58 bits per heavy atom. The standard InChI is InChI=1S/C14H26O5/c1-15-11-3-5-13(18-9-11)7-17-8-14-6-4-12(16-2)10-19-14/h11-14H,3-10H2,1-2H3. The van der Waals surface area contributed by atoms with Gasteiger partial charge in [-0.15, -0.1) is 0 Å². The second-order valence-corrected chi connectivity index (χ2v) is 5.32. The third kappa shape index (κ3) is 5.00. The summed E-state index contributed by atoms with van der Waals surface area (Å²) in [4.78, 5) is 0. The summed E-state index contributed by atoms with van der Waals surface area (Å²) in [7, 11) is 3.47. The maximum absolute atomic E-state index is 5.72. The molecule has 2 aliphatic rings. The fraction of sp³-hybridized carbons (Fsp3) is 1.00. The van der Waals surface area contributed by atoms with E-state index in [0.29, 0.717) is 26.4 Å². The minimum atomic E-state index is 0.210. The van der Waals surface area contributed by atoms with E-state index in [9.17, 15) is 0 Å². The van der Waals surface area contributed by atoms with Crippen LogP contribution in [0.4, 0.5) is 0 Å². The molecule has 112 valence electrons. The van der Waals surface area contributed by atoms with E-state index in [0.717, 1.165) is 25.7 Å². The molecular weight excluding hydrogens is 248 g/mol. The summed E-state index contributed by atoms with van der Waals surface area (Å²) in [5.41, 5.74) is 0. The number of rotatable bonds is 6. The summed E-state index contributed by atoms with van der Waals surface area (Å²) < 4.78 is 27.6. The second kappa shape index (κ2) is 8.17. The van der Waals surface area contributed by atoms with Crippen LogP contribution in [0.5, 0.6) is 0 Å². The highest BCUT2D eigenvalue weighted by Crippen LogP contribution is 2.18. The molecule has 0 bridgehead atoms. The Hall–Kier alpha value is -0.200. The number of ether oxygens (including phenoxy) is 5. The van der Waals surface area contributed by atoms with Crippen molar-refractivity contribution in [1.82, 2.24) is 0 Å². The molecule has 0 spiro atoms. The quantitative estimate of drug-likeness (QED) is 0.732. The molecule has 0 aromatic rings. The highest BCUT2D eigenvalue weighted by Gasteiger charge is 2.24. The van der Waals surface area contributed by atoms with Gasteiger partial charge in [0.2, 0.25) is 0 Å². The van der Waals surface area contributed by atoms with Crippen LogP contribution < -0.4 is 0 Å². The summed E-state index contributed by atoms with van der Waals surface area (Å²) in [5.74, 6) is 0. The van der Waals surface area contributed by atoms with Gasteiger partial charge in [0, 0.05) is 14.2 Å². The lowest BCUT2D eigenvalue weighted by atomic mass is 10.1. The maximum Gasteiger partial charge on any atom is 0.0810 e. The smallest absolute Gasteiger partial charge is 0.0810 e. The third-order valence-electron chi connectivity index (χ3n) is 3.93. The third-order valence-corrected chi connectivity index (χ3v) is 3.93. The van der Waals surface area contributed by atoms with E-state index in [1.54, 1.807) is 14.2 Å². The molecular formula is C14H26O5. The van der Waals surface area contributed by atoms with Gasteiger partial charge in [0.25, 0.3) is 0 Å². The van der Waals surface area contributed by atoms with E-state index >= 15 is 0 Å². The number of methoxy groups -OCH3 is 2. The average molecular weight is 274 g/mol. The molecule has 4 atom stereocenters. The number of hydrogen-bond acceptors (Lipinski definition) is 5. The predicted octanol–water partition coefficient (Wildman–Crippen LogP) is 1.39. The molecule has 0 saturated carbocycles. The topological polar surface area (TPSA) is 46.2 Å². The molecule has 0 radical (unpaired) electrons. The van der Waals surface area contributed by atoms with Crippen molar-refractivity contribution in [1.29, 1.82) is 0 Å². The first-order chi connectivity index (χ1) is 9.31. The zero-order valence-corrected chi connectivity index (χ0v) is 12.0. The Bertz CT molecular complexity index is 208. The Balaban J connectivity index is 1.53. The Labute approximate surface area is 115 Å². The van der Waals surface area contributed by atoms with Gasteiger partial charge in [-0.25, -0.2) is 0 Å². The van der Waals surface area contributed by atoms with Gasteiger partial charge in [-0.2, -0.15) is 0 Å². The summed E-state index contributed by atoms with van der Waals surface area (Å²) in [6, 6.07) is 0. The molecule has 5 heteroatoms. The summed E-state index contributed by atoms with van der Waals surface area (Å²) in [6.07, 6.45) is 5.06. The van der Waals surface area contributed by atoms with Crippen LogP contribution in [0.1, 0.15) is 25.7 Å². The Morgan fingerprint density at radius 2 is 1.26 bits per heavy atom. The molecule has 2 rings (SSSR count). The zero-order valence-electron chi connectivity index (χ0n) is 12.0. The van der Waals surface area contributed by atoms with E-state index in [-0.39, 0.29) is 24.4 Å². The molecule has 0 aromatic heterocycles. The van der Waals surface area contributed by atoms with Gasteiger partial charge in [-0.05, 0) is 25.7 Å². The lowest BCUT2D eigenvalue weighted by Crippen LogP contribution is -2.36. The minimum Gasteiger partial charge on any atom is -0.379 e. The molecule has 2 fully saturated rings. The molecule has 4 unspecified atom stereocenters. The fourth-order valence-electron chi connectivity index (χ4n) is 2.53. The van der Waals surface area contributed by atoms with Crippen LogP contribution in [0.3, 0.4) is 0 Å². The van der Waals surface area contributed by atoms with E-state index in [2.05, 4.69) is 0 Å². The average Bonchev–Trinajstić information content (AvgIpc) is 2.49. The molecule has 0 aliphatic carbocycles. The van der Waals surface area contributed by atoms with Crippen LogP contribution in [-0.4, -0.2) is 65.1 Å². The van der Waals surface area contributed by atoms with Crippen LogP contribution >= 0.6 is 0 Å². The highest BCUT2D eigenvalue weighted by molar-refractivity contribution is 4.72. The van der Waals surface area contributed by atoms with Crippen molar-refractivity contribution >= 4 is 0 Å². The van der Waals surface area contributed by atoms with Crippen molar-refractivity contribution in [3.05, 3.63) is 0 Å². The number of hydrogen-bond donors (Lipinski definition) is 0. The summed E-state index contributed by atoms with van der Waals surface area (Å²) >= 11 is 0. The van der Waals surface area contributed by atoms with Crippen molar-refractivity contribution < 1.29 is 23.7 Å². The lowest BCUT2D eigenvalue weighted by Gasteiger charge is -2.30. The van der Waals surface area contributed by atoms with E-state index in [4.69, 9.17) is 23.7 Å². The van der Waals surface area contributed by atoms with E-state index in [1.165, 1.54) is 0 Å². The summed E-state index contributed by atoms with van der Waals surface area (Å²) in [5, 5.41) is 0. The van der Waals surface area contributed by atoms with Crippen molar-refractivity contribution in [3.8, 4) is 0 Å². The predicted molar refractivity (Wildman–Crippen MR) is 70.4 cm³/mol. The first kappa shape index (κ1) is 15.2. The van der Waals surface area contributed by atoms with Crippen LogP contribution in [0, 0.1) is 0 Å². The second-order valence-electron chi connectivity index (χ2n) is 5.32. The van der Waals surface area contributed by atoms with Gasteiger partial charge in [-0.1, -0.05) is 0 Å². The lowest BCUT2D eigenvalue weighted by molar-refractivity contribution is -0.123. The van der Waals surface area contributed by atoms with Gasteiger partial charge in [0.05, 0.1) is 50.8 Å². The van der Waals surface area contributed by atoms with Crippen LogP contribution in [0.2, 0.25) is 0 Å². The molecule has 2 aliphatic heterocycles. The normalized spacial score (nSPS) is 36.3. The van der Waals surface area contributed by atoms with Gasteiger partial charge in [-0.3, -0.25) is 0 Å². The van der Waals surface area contributed by atoms with Gasteiger partial charge < -0.3 is 23.7 Å². The molecule has 5 nitrogen and oxygen atoms in total. The maximum atomic E-state index is 5.72. The fourth-order valence-corrected chi connectivity index (χ4v) is 2.53. The van der Waals surface area contributed by atoms with Gasteiger partial charge in [0.15, 0.2) is 0 Å². The van der Waals surface area contributed by atoms with Crippen molar-refractivity contribution in [3.63, 3.8) is 0 Å². The molecule has 0 aromatic carbocycles. The first-order valence-electron chi connectivity index (χ1n) is 7.18. The molecule has 2 heterocycles. The molecule has 0 amide bonds. The zero-order chi connectivity index (χ0) is 13.5. The molecule has 2 saturated heterocycles. The Morgan fingerprint density at radius 1 is 0.789 bits per heavy atom. The van der Waals surface area contributed by atoms with Crippen LogP contribution in [-0.2, 0) is 23.7 Å². The van der Waals surface area contributed by atoms with Crippen molar-refractivity contribution in [2.24, 2.45) is 0 Å². The molecule has 0 N–H and O–H groups in total. The van der Waals surface area contributed by atoms with Crippen molar-refractivity contribution in [2.75, 3.05) is 40.6 Å². The Kier molecular flexibility index (Phi) is 6.53. The monoisotopic (exact) mass is 274 g/mol. The largest absolute Gasteiger partial charge is 0.379 e. The highest BCUT2D eigenvalue weighted by atomic mass is 16.6. The van der Waals surface area contributed by atoms with Gasteiger partial charge in [0.1, 0.15) is 0 Å². The van der Waals surface area contributed by atoms with E-state index in [1.807, 2.05) is 0 Å². The van der Waals surface area contributed by atoms with Crippen molar-refractivity contribution in [2.45, 2.75) is 50.1 Å². The SMILES string of the molecule is COC1CCC(COCC2CCC(OC)CO2)OC1. The van der Waals surface area contributed by atoms with Crippen LogP contribution in [0.25, 0.3) is 0 Å². The van der Waals surface area contributed by atoms with Gasteiger partial charge >= 0.3 is 0 Å². The molecule has 19 heavy (non-hydrogen) atoms. The van der Waals surface area contributed by atoms with E-state index < -0.39 is 0 Å². The van der Waals surface area contributed by atoms with Crippen LogP contribution in [0.15, 0.2) is 0 Å². The first-order valence-corrected chi connectivity index (χ1v) is 7.18. The minimum absolute atomic E-state index is 0.210.